The molecule has 6 nitrogen and oxygen atoms in total. The van der Waals surface area contributed by atoms with Gasteiger partial charge in [-0.3, -0.25) is 4.98 Å². The summed E-state index contributed by atoms with van der Waals surface area (Å²) in [7, 11) is 0. The molecule has 3 aromatic heterocycles. The minimum Gasteiger partial charge on any atom is -0.309 e. The minimum atomic E-state index is 0.506. The molecular weight excluding hydrogens is 685 g/mol. The fourth-order valence-electron chi connectivity index (χ4n) is 8.29. The normalized spacial score (nSPS) is 11.2. The van der Waals surface area contributed by atoms with Crippen LogP contribution in [0, 0.1) is 29.2 Å². The van der Waals surface area contributed by atoms with Crippen molar-refractivity contribution in [3.05, 3.63) is 193 Å². The quantitative estimate of drug-likeness (QED) is 0.167. The highest BCUT2D eigenvalue weighted by Gasteiger charge is 2.24. The van der Waals surface area contributed by atoms with E-state index in [0.29, 0.717) is 22.5 Å². The molecule has 0 saturated carbocycles. The van der Waals surface area contributed by atoms with Crippen LogP contribution in [0.4, 0.5) is 5.69 Å². The van der Waals surface area contributed by atoms with Crippen molar-refractivity contribution in [3.8, 4) is 57.0 Å². The Labute approximate surface area is 322 Å². The van der Waals surface area contributed by atoms with Crippen LogP contribution in [0.25, 0.3) is 93.3 Å². The van der Waals surface area contributed by atoms with Gasteiger partial charge in [-0.15, -0.1) is 0 Å². The third kappa shape index (κ3) is 4.90. The van der Waals surface area contributed by atoms with Crippen LogP contribution < -0.4 is 0 Å². The van der Waals surface area contributed by atoms with Gasteiger partial charge in [-0.2, -0.15) is 10.5 Å². The lowest BCUT2D eigenvalue weighted by molar-refractivity contribution is 1.12. The molecule has 0 aliphatic rings. The molecule has 0 aliphatic carbocycles. The van der Waals surface area contributed by atoms with Crippen LogP contribution >= 0.6 is 0 Å². The topological polar surface area (TPSA) is 74.7 Å². The summed E-state index contributed by atoms with van der Waals surface area (Å²) in [4.78, 5) is 8.86. The molecule has 0 bridgehead atoms. The maximum atomic E-state index is 10.7. The first-order valence-corrected chi connectivity index (χ1v) is 18.2. The second-order valence-corrected chi connectivity index (χ2v) is 13.6. The molecule has 3 heterocycles. The summed E-state index contributed by atoms with van der Waals surface area (Å²) in [6.45, 7) is 7.78. The van der Waals surface area contributed by atoms with Gasteiger partial charge >= 0.3 is 0 Å². The van der Waals surface area contributed by atoms with Gasteiger partial charge < -0.3 is 9.13 Å². The molecule has 0 amide bonds. The molecule has 6 heteroatoms. The number of benzene rings is 7. The van der Waals surface area contributed by atoms with Crippen molar-refractivity contribution in [2.45, 2.75) is 0 Å². The van der Waals surface area contributed by atoms with Gasteiger partial charge in [-0.1, -0.05) is 97.1 Å². The standard InChI is InChI=1S/C50H28N6/c1-53-42-18-7-4-15-37(42)33-24-26-46-41(29-33)39-17-6-9-20-44(39)56(46)48-22-11-27-54-50(48)49-35(31-52)13-10-21-47(49)55-43-19-8-5-16-38(43)40-28-32(23-25-45(40)55)36-14-3-2-12-34(36)30-51/h2-29H. The van der Waals surface area contributed by atoms with Crippen molar-refractivity contribution in [2.75, 3.05) is 0 Å². The average Bonchev–Trinajstić information content (AvgIpc) is 3.78. The van der Waals surface area contributed by atoms with E-state index in [9.17, 15) is 10.5 Å². The molecule has 0 unspecified atom stereocenters. The summed E-state index contributed by atoms with van der Waals surface area (Å²) in [5.41, 5.74) is 12.5. The van der Waals surface area contributed by atoms with E-state index in [1.165, 1.54) is 0 Å². The summed E-state index contributed by atoms with van der Waals surface area (Å²) in [5.74, 6) is 0. The molecule has 0 fully saturated rings. The lowest BCUT2D eigenvalue weighted by Crippen LogP contribution is -2.04. The number of aromatic nitrogens is 3. The smallest absolute Gasteiger partial charge is 0.194 e. The van der Waals surface area contributed by atoms with E-state index in [1.807, 2.05) is 91.0 Å². The van der Waals surface area contributed by atoms with Gasteiger partial charge in [0.1, 0.15) is 0 Å². The highest BCUT2D eigenvalue weighted by Crippen LogP contribution is 2.43. The Morgan fingerprint density at radius 1 is 0.482 bits per heavy atom. The van der Waals surface area contributed by atoms with Gasteiger partial charge in [0.2, 0.25) is 0 Å². The molecule has 0 radical (unpaired) electrons. The Morgan fingerprint density at radius 3 is 1.70 bits per heavy atom. The van der Waals surface area contributed by atoms with Crippen LogP contribution in [0.1, 0.15) is 11.1 Å². The van der Waals surface area contributed by atoms with E-state index >= 15 is 0 Å². The van der Waals surface area contributed by atoms with E-state index in [2.05, 4.69) is 98.9 Å². The Morgan fingerprint density at radius 2 is 1.02 bits per heavy atom. The summed E-state index contributed by atoms with van der Waals surface area (Å²) in [6, 6.07) is 59.4. The van der Waals surface area contributed by atoms with Gasteiger partial charge in [-0.25, -0.2) is 4.85 Å². The van der Waals surface area contributed by atoms with Crippen LogP contribution in [-0.4, -0.2) is 14.1 Å². The summed E-state index contributed by atoms with van der Waals surface area (Å²) >= 11 is 0. The number of nitrogens with zero attached hydrogens (tertiary/aromatic N) is 6. The molecule has 10 aromatic rings. The average molecular weight is 713 g/mol. The van der Waals surface area contributed by atoms with E-state index in [-0.39, 0.29) is 0 Å². The van der Waals surface area contributed by atoms with Crippen LogP contribution in [-0.2, 0) is 0 Å². The third-order valence-corrected chi connectivity index (χ3v) is 10.7. The predicted molar refractivity (Wildman–Crippen MR) is 225 cm³/mol. The number of fused-ring (bicyclic) bond motifs is 6. The van der Waals surface area contributed by atoms with Crippen molar-refractivity contribution in [3.63, 3.8) is 0 Å². The predicted octanol–water partition coefficient (Wildman–Crippen LogP) is 12.6. The zero-order valence-corrected chi connectivity index (χ0v) is 29.8. The molecule has 10 rings (SSSR count). The first-order chi connectivity index (χ1) is 27.7. The fourth-order valence-corrected chi connectivity index (χ4v) is 8.29. The highest BCUT2D eigenvalue weighted by molar-refractivity contribution is 6.13. The van der Waals surface area contributed by atoms with Crippen molar-refractivity contribution < 1.29 is 0 Å². The second-order valence-electron chi connectivity index (χ2n) is 13.6. The number of rotatable bonds is 5. The minimum absolute atomic E-state index is 0.506. The van der Waals surface area contributed by atoms with Crippen LogP contribution in [0.5, 0.6) is 0 Å². The number of pyridine rings is 1. The number of hydrogen-bond acceptors (Lipinski definition) is 3. The van der Waals surface area contributed by atoms with Gasteiger partial charge in [0, 0.05) is 33.3 Å². The van der Waals surface area contributed by atoms with Gasteiger partial charge in [0.15, 0.2) is 5.69 Å². The molecule has 56 heavy (non-hydrogen) atoms. The number of hydrogen-bond donors (Lipinski definition) is 0. The van der Waals surface area contributed by atoms with Crippen molar-refractivity contribution >= 4 is 49.3 Å². The first-order valence-electron chi connectivity index (χ1n) is 18.2. The maximum Gasteiger partial charge on any atom is 0.194 e. The van der Waals surface area contributed by atoms with Gasteiger partial charge in [-0.05, 0) is 89.0 Å². The number of nitriles is 2. The summed E-state index contributed by atoms with van der Waals surface area (Å²) in [6.07, 6.45) is 1.79. The maximum absolute atomic E-state index is 10.7. The second kappa shape index (κ2) is 13.0. The lowest BCUT2D eigenvalue weighted by atomic mass is 9.98. The summed E-state index contributed by atoms with van der Waals surface area (Å²) < 4.78 is 4.46. The highest BCUT2D eigenvalue weighted by atomic mass is 15.0. The van der Waals surface area contributed by atoms with Gasteiger partial charge in [0.05, 0.1) is 69.0 Å². The Hall–Kier alpha value is -8.24. The molecular formula is C50H28N6. The molecule has 7 aromatic carbocycles. The molecule has 0 spiro atoms. The third-order valence-electron chi connectivity index (χ3n) is 10.7. The zero-order chi connectivity index (χ0) is 37.8. The van der Waals surface area contributed by atoms with E-state index in [4.69, 9.17) is 11.6 Å². The van der Waals surface area contributed by atoms with Crippen LogP contribution in [0.2, 0.25) is 0 Å². The van der Waals surface area contributed by atoms with E-state index in [0.717, 1.165) is 82.8 Å². The molecule has 0 saturated heterocycles. The SMILES string of the molecule is [C-]#[N+]c1ccccc1-c1ccc2c(c1)c1ccccc1n2-c1cccnc1-c1c(C#N)cccc1-n1c2ccccc2c2cc(-c3ccccc3C#N)ccc21. The Kier molecular flexibility index (Phi) is 7.53. The van der Waals surface area contributed by atoms with Crippen molar-refractivity contribution in [1.82, 2.24) is 14.1 Å². The summed E-state index contributed by atoms with van der Waals surface area (Å²) in [5, 5.41) is 24.9. The molecule has 258 valence electrons. The Bertz CT molecular complexity index is 3360. The zero-order valence-electron chi connectivity index (χ0n) is 29.8. The molecule has 0 atom stereocenters. The van der Waals surface area contributed by atoms with Crippen molar-refractivity contribution in [1.29, 1.82) is 10.5 Å². The fraction of sp³-hybridized carbons (Fsp3) is 0. The monoisotopic (exact) mass is 712 g/mol. The van der Waals surface area contributed by atoms with E-state index < -0.39 is 0 Å². The molecule has 0 aliphatic heterocycles. The number of para-hydroxylation sites is 3. The molecule has 0 N–H and O–H groups in total. The van der Waals surface area contributed by atoms with Crippen molar-refractivity contribution in [2.24, 2.45) is 0 Å². The lowest BCUT2D eigenvalue weighted by Gasteiger charge is -2.18. The Balaban J connectivity index is 1.24. The van der Waals surface area contributed by atoms with Crippen LogP contribution in [0.15, 0.2) is 170 Å². The first kappa shape index (κ1) is 32.4. The van der Waals surface area contributed by atoms with Crippen LogP contribution in [0.3, 0.4) is 0 Å². The largest absolute Gasteiger partial charge is 0.309 e. The van der Waals surface area contributed by atoms with Gasteiger partial charge in [0.25, 0.3) is 0 Å². The van der Waals surface area contributed by atoms with E-state index in [1.54, 1.807) is 6.20 Å².